The lowest BCUT2D eigenvalue weighted by Gasteiger charge is -2.28. The second-order valence-electron chi connectivity index (χ2n) is 14.9. The lowest BCUT2D eigenvalue weighted by atomic mass is 10.0. The maximum Gasteiger partial charge on any atom is 0.337 e. The van der Waals surface area contributed by atoms with Crippen molar-refractivity contribution in [2.75, 3.05) is 27.3 Å². The highest BCUT2D eigenvalue weighted by Crippen LogP contribution is 2.17. The minimum atomic E-state index is -1.75. The molecular formula is C48H55N7O8. The third kappa shape index (κ3) is 15.5. The molecule has 6 rings (SSSR count). The summed E-state index contributed by atoms with van der Waals surface area (Å²) in [6.45, 7) is 2.97. The van der Waals surface area contributed by atoms with Gasteiger partial charge in [0.1, 0.15) is 24.4 Å². The zero-order chi connectivity index (χ0) is 45.0. The zero-order valence-corrected chi connectivity index (χ0v) is 35.4. The van der Waals surface area contributed by atoms with Gasteiger partial charge in [0.2, 0.25) is 0 Å². The predicted molar refractivity (Wildman–Crippen MR) is 235 cm³/mol. The van der Waals surface area contributed by atoms with Crippen LogP contribution in [0.25, 0.3) is 0 Å². The van der Waals surface area contributed by atoms with Crippen LogP contribution in [0.4, 0.5) is 0 Å². The molecule has 0 unspecified atom stereocenters. The molecular weight excluding hydrogens is 803 g/mol. The fraction of sp³-hybridized carbons (Fsp3) is 0.292. The molecule has 63 heavy (non-hydrogen) atoms. The number of hydrogen-bond acceptors (Lipinski definition) is 14. The minimum absolute atomic E-state index is 0.279. The van der Waals surface area contributed by atoms with E-state index in [-0.39, 0.29) is 18.4 Å². The van der Waals surface area contributed by atoms with Gasteiger partial charge in [-0.15, -0.1) is 0 Å². The third-order valence-corrected chi connectivity index (χ3v) is 9.97. The van der Waals surface area contributed by atoms with Crippen LogP contribution in [0.3, 0.4) is 0 Å². The van der Waals surface area contributed by atoms with Gasteiger partial charge < -0.3 is 35.2 Å². The van der Waals surface area contributed by atoms with E-state index in [0.717, 1.165) is 53.5 Å². The van der Waals surface area contributed by atoms with Crippen molar-refractivity contribution < 1.29 is 39.9 Å². The first kappa shape index (κ1) is 47.7. The summed E-state index contributed by atoms with van der Waals surface area (Å²) in [5.41, 5.74) is 6.94. The van der Waals surface area contributed by atoms with Crippen molar-refractivity contribution in [3.05, 3.63) is 191 Å². The van der Waals surface area contributed by atoms with Gasteiger partial charge in [-0.05, 0) is 83.9 Å². The van der Waals surface area contributed by atoms with E-state index in [0.29, 0.717) is 30.8 Å². The molecule has 0 aliphatic rings. The van der Waals surface area contributed by atoms with Crippen LogP contribution in [0, 0.1) is 0 Å². The molecule has 0 aliphatic heterocycles. The van der Waals surface area contributed by atoms with Gasteiger partial charge in [-0.3, -0.25) is 34.5 Å². The van der Waals surface area contributed by atoms with Crippen molar-refractivity contribution in [3.8, 4) is 0 Å². The molecule has 6 aromatic rings. The molecule has 330 valence electrons. The monoisotopic (exact) mass is 857 g/mol. The van der Waals surface area contributed by atoms with Crippen LogP contribution in [0.2, 0.25) is 0 Å². The average molecular weight is 858 g/mol. The van der Waals surface area contributed by atoms with Crippen LogP contribution in [0.15, 0.2) is 146 Å². The summed E-state index contributed by atoms with van der Waals surface area (Å²) in [4.78, 5) is 47.8. The number of esters is 1. The number of amides is 1. The first-order chi connectivity index (χ1) is 30.5. The number of methoxy groups -OCH3 is 1. The summed E-state index contributed by atoms with van der Waals surface area (Å²) in [5.74, 6) is -0.704. The smallest absolute Gasteiger partial charge is 0.337 e. The van der Waals surface area contributed by atoms with E-state index in [2.05, 4.69) is 29.7 Å². The average Bonchev–Trinajstić information content (AvgIpc) is 3.32. The van der Waals surface area contributed by atoms with Crippen LogP contribution >= 0.6 is 0 Å². The van der Waals surface area contributed by atoms with Gasteiger partial charge in [0.25, 0.3) is 5.91 Å². The van der Waals surface area contributed by atoms with Crippen molar-refractivity contribution in [2.24, 2.45) is 0 Å². The predicted octanol–water partition coefficient (Wildman–Crippen LogP) is 3.65. The maximum atomic E-state index is 12.8. The molecule has 0 saturated heterocycles. The van der Waals surface area contributed by atoms with Crippen molar-refractivity contribution >= 4 is 11.9 Å². The highest BCUT2D eigenvalue weighted by Gasteiger charge is 2.31. The molecule has 0 aliphatic carbocycles. The normalized spacial score (nSPS) is 13.0. The second-order valence-corrected chi connectivity index (χ2v) is 14.9. The van der Waals surface area contributed by atoms with Crippen LogP contribution in [-0.2, 0) is 44.0 Å². The molecule has 5 N–H and O–H groups in total. The van der Waals surface area contributed by atoms with E-state index in [1.807, 2.05) is 97.1 Å². The van der Waals surface area contributed by atoms with Gasteiger partial charge in [-0.25, -0.2) is 4.79 Å². The van der Waals surface area contributed by atoms with Crippen molar-refractivity contribution in [3.63, 3.8) is 0 Å². The first-order valence-electron chi connectivity index (χ1n) is 20.4. The summed E-state index contributed by atoms with van der Waals surface area (Å²) in [7, 11) is 2.85. The Balaban J connectivity index is 0.000000252. The zero-order valence-electron chi connectivity index (χ0n) is 35.4. The first-order valence-corrected chi connectivity index (χ1v) is 20.4. The number of hydrogen-bond donors (Lipinski definition) is 5. The number of carbonyl (C=O) groups excluding carboxylic acids is 2. The molecule has 0 fully saturated rings. The molecule has 0 bridgehead atoms. The fourth-order valence-corrected chi connectivity index (χ4v) is 6.61. The van der Waals surface area contributed by atoms with E-state index >= 15 is 0 Å². The van der Waals surface area contributed by atoms with Crippen LogP contribution in [0.1, 0.15) is 54.6 Å². The van der Waals surface area contributed by atoms with E-state index in [1.165, 1.54) is 19.1 Å². The van der Waals surface area contributed by atoms with E-state index in [4.69, 9.17) is 9.84 Å². The Morgan fingerprint density at radius 3 is 1.22 bits per heavy atom. The summed E-state index contributed by atoms with van der Waals surface area (Å²) in [5, 5.41) is 48.3. The number of aromatic nitrogens is 4. The largest absolute Gasteiger partial charge is 0.465 e. The third-order valence-electron chi connectivity index (χ3n) is 9.97. The summed E-state index contributed by atoms with van der Waals surface area (Å²) < 4.78 is 4.75. The topological polar surface area (TPSA) is 206 Å². The Kier molecular flexibility index (Phi) is 18.9. The Morgan fingerprint density at radius 1 is 0.524 bits per heavy atom. The van der Waals surface area contributed by atoms with E-state index < -0.39 is 31.0 Å². The minimum Gasteiger partial charge on any atom is -0.465 e. The van der Waals surface area contributed by atoms with E-state index in [1.54, 1.807) is 49.1 Å². The van der Waals surface area contributed by atoms with Gasteiger partial charge >= 0.3 is 5.97 Å². The number of pyridine rings is 4. The molecule has 2 aromatic carbocycles. The molecule has 4 atom stereocenters. The highest BCUT2D eigenvalue weighted by molar-refractivity contribution is 5.94. The number of benzene rings is 2. The van der Waals surface area contributed by atoms with Crippen molar-refractivity contribution in [1.29, 1.82) is 0 Å². The quantitative estimate of drug-likeness (QED) is 0.0696. The number of aliphatic hydroxyl groups is 5. The lowest BCUT2D eigenvalue weighted by Crippen LogP contribution is -2.49. The number of nitrogens with zero attached hydrogens (tertiary/aromatic N) is 7. The molecule has 0 spiro atoms. The Bertz CT molecular complexity index is 2140. The molecule has 4 aromatic heterocycles. The lowest BCUT2D eigenvalue weighted by molar-refractivity contribution is -0.117. The van der Waals surface area contributed by atoms with Crippen molar-refractivity contribution in [1.82, 2.24) is 34.6 Å². The fourth-order valence-electron chi connectivity index (χ4n) is 6.61. The van der Waals surface area contributed by atoms with Gasteiger partial charge in [-0.1, -0.05) is 48.5 Å². The Labute approximate surface area is 367 Å². The number of rotatable bonds is 20. The molecule has 0 radical (unpaired) electrons. The number of likely N-dealkylation sites (N-methyl/N-ethyl adjacent to an activating group) is 1. The highest BCUT2D eigenvalue weighted by atomic mass is 16.5. The Morgan fingerprint density at radius 2 is 0.889 bits per heavy atom. The van der Waals surface area contributed by atoms with Gasteiger partial charge in [-0.2, -0.15) is 0 Å². The second kappa shape index (κ2) is 25.0. The van der Waals surface area contributed by atoms with Crippen LogP contribution < -0.4 is 0 Å². The summed E-state index contributed by atoms with van der Waals surface area (Å²) >= 11 is 0. The van der Waals surface area contributed by atoms with Gasteiger partial charge in [0, 0.05) is 83.2 Å². The number of aliphatic hydroxyl groups excluding tert-OH is 5. The number of ether oxygens (including phenoxy) is 1. The van der Waals surface area contributed by atoms with Crippen LogP contribution in [0.5, 0.6) is 0 Å². The maximum absolute atomic E-state index is 12.8. The molecule has 0 saturated carbocycles. The van der Waals surface area contributed by atoms with Gasteiger partial charge in [0.15, 0.2) is 0 Å². The van der Waals surface area contributed by atoms with E-state index in [9.17, 15) is 30.0 Å². The standard InChI is InChI=1S/C27H34N4O6.C21H21N3O2/c1-30(17-23(33)25(35)26(36)24(34)18-32)27(37)20-10-8-19(9-11-20)14-31(15-21-6-2-4-12-28-21)16-22-7-3-5-13-29-22;1-26-21(25)18-10-8-17(9-11-18)14-24(15-19-6-2-4-12-22-19)16-20-7-3-5-13-23-20/h2-13,23-26,32-36H,14-18H2,1H3;2-13H,14-16H2,1H3/t23-,24+,25+,26+;/m0./s1. The summed E-state index contributed by atoms with van der Waals surface area (Å²) in [6.07, 6.45) is 0.530. The molecule has 4 heterocycles. The van der Waals surface area contributed by atoms with Crippen molar-refractivity contribution in [2.45, 2.75) is 63.7 Å². The number of carbonyl (C=O) groups is 2. The molecule has 15 nitrogen and oxygen atoms in total. The van der Waals surface area contributed by atoms with Gasteiger partial charge in [0.05, 0.1) is 42.1 Å². The SMILES string of the molecule is CN(C[C@H](O)[C@@H](O)[C@H](O)[C@H](O)CO)C(=O)c1ccc(CN(Cc2ccccn2)Cc2ccccn2)cc1.COC(=O)c1ccc(CN(Cc2ccccn2)Cc2ccccn2)cc1. The van der Waals surface area contributed by atoms with Crippen LogP contribution in [-0.4, -0.2) is 124 Å². The molecule has 15 heteroatoms. The Hall–Kier alpha value is -6.30. The summed E-state index contributed by atoms with van der Waals surface area (Å²) in [6, 6.07) is 38.0. The molecule has 1 amide bonds.